The van der Waals surface area contributed by atoms with Crippen molar-refractivity contribution >= 4 is 33.4 Å². The topological polar surface area (TPSA) is 84.9 Å². The first-order valence-corrected chi connectivity index (χ1v) is 13.0. The van der Waals surface area contributed by atoms with Crippen LogP contribution >= 0.6 is 11.8 Å². The van der Waals surface area contributed by atoms with Crippen molar-refractivity contribution in [2.75, 3.05) is 42.1 Å². The second-order valence-electron chi connectivity index (χ2n) is 7.12. The van der Waals surface area contributed by atoms with Gasteiger partial charge >= 0.3 is 0 Å². The molecule has 1 aliphatic rings. The van der Waals surface area contributed by atoms with E-state index < -0.39 is 10.0 Å². The molecule has 0 aromatic heterocycles. The molecule has 0 fully saturated rings. The number of hydrogen-bond donors (Lipinski definition) is 1. The molecule has 0 bridgehead atoms. The predicted molar refractivity (Wildman–Crippen MR) is 125 cm³/mol. The van der Waals surface area contributed by atoms with Gasteiger partial charge in [-0.05, 0) is 31.5 Å². The minimum absolute atomic E-state index is 0.110. The zero-order valence-corrected chi connectivity index (χ0v) is 19.4. The standard InChI is InChI=1S/C22H28N2O5S2/c1-3-31(26,27)24(19-8-9-20-21(14-19)29-12-11-28-20)15-22(25)23-10-13-30-16-18-6-4-17(2)5-7-18/h4-9,14H,3,10-13,15-16H2,1-2H3,(H,23,25). The molecule has 0 atom stereocenters. The second-order valence-corrected chi connectivity index (χ2v) is 10.4. The molecule has 1 aliphatic heterocycles. The van der Waals surface area contributed by atoms with Gasteiger partial charge in [0.15, 0.2) is 11.5 Å². The molecule has 0 radical (unpaired) electrons. The van der Waals surface area contributed by atoms with Crippen LogP contribution in [0, 0.1) is 6.92 Å². The Morgan fingerprint density at radius 3 is 2.52 bits per heavy atom. The predicted octanol–water partition coefficient (Wildman–Crippen LogP) is 2.97. The monoisotopic (exact) mass is 464 g/mol. The van der Waals surface area contributed by atoms with Crippen molar-refractivity contribution in [3.05, 3.63) is 53.6 Å². The zero-order valence-electron chi connectivity index (χ0n) is 17.8. The number of nitrogens with one attached hydrogen (secondary N) is 1. The van der Waals surface area contributed by atoms with E-state index in [1.54, 1.807) is 36.9 Å². The number of carbonyl (C=O) groups is 1. The smallest absolute Gasteiger partial charge is 0.240 e. The van der Waals surface area contributed by atoms with Crippen LogP contribution in [0.1, 0.15) is 18.1 Å². The van der Waals surface area contributed by atoms with Gasteiger partial charge in [-0.1, -0.05) is 29.8 Å². The third-order valence-electron chi connectivity index (χ3n) is 4.76. The molecule has 9 heteroatoms. The van der Waals surface area contributed by atoms with Crippen molar-refractivity contribution in [3.63, 3.8) is 0 Å². The van der Waals surface area contributed by atoms with Crippen molar-refractivity contribution in [2.24, 2.45) is 0 Å². The molecule has 31 heavy (non-hydrogen) atoms. The van der Waals surface area contributed by atoms with Gasteiger partial charge in [0.1, 0.15) is 19.8 Å². The summed E-state index contributed by atoms with van der Waals surface area (Å²) in [6.45, 7) is 4.65. The number of aryl methyl sites for hydroxylation is 1. The summed E-state index contributed by atoms with van der Waals surface area (Å²) in [4.78, 5) is 12.5. The molecule has 1 N–H and O–H groups in total. The Balaban J connectivity index is 1.55. The fourth-order valence-electron chi connectivity index (χ4n) is 3.02. The van der Waals surface area contributed by atoms with Crippen LogP contribution in [0.5, 0.6) is 11.5 Å². The fraction of sp³-hybridized carbons (Fsp3) is 0.409. The van der Waals surface area contributed by atoms with E-state index in [1.165, 1.54) is 11.1 Å². The summed E-state index contributed by atoms with van der Waals surface area (Å²) >= 11 is 1.72. The van der Waals surface area contributed by atoms with Crippen molar-refractivity contribution < 1.29 is 22.7 Å². The second kappa shape index (κ2) is 10.8. The van der Waals surface area contributed by atoms with Crippen LogP contribution in [-0.4, -0.2) is 52.1 Å². The zero-order chi connectivity index (χ0) is 22.3. The maximum atomic E-state index is 12.6. The Hall–Kier alpha value is -2.39. The van der Waals surface area contributed by atoms with Crippen molar-refractivity contribution in [3.8, 4) is 11.5 Å². The first kappa shape index (κ1) is 23.3. The van der Waals surface area contributed by atoms with Crippen LogP contribution in [0.4, 0.5) is 5.69 Å². The van der Waals surface area contributed by atoms with Crippen LogP contribution in [0.25, 0.3) is 0 Å². The number of rotatable bonds is 10. The summed E-state index contributed by atoms with van der Waals surface area (Å²) in [5, 5.41) is 2.81. The Kier molecular flexibility index (Phi) is 8.09. The van der Waals surface area contributed by atoms with E-state index in [0.717, 1.165) is 15.8 Å². The highest BCUT2D eigenvalue weighted by Gasteiger charge is 2.25. The number of amides is 1. The molecule has 0 aliphatic carbocycles. The lowest BCUT2D eigenvalue weighted by molar-refractivity contribution is -0.119. The molecule has 0 saturated carbocycles. The molecule has 0 saturated heterocycles. The molecule has 7 nitrogen and oxygen atoms in total. The third kappa shape index (κ3) is 6.54. The Morgan fingerprint density at radius 1 is 1.10 bits per heavy atom. The summed E-state index contributed by atoms with van der Waals surface area (Å²) in [6.07, 6.45) is 0. The van der Waals surface area contributed by atoms with Crippen molar-refractivity contribution in [1.29, 1.82) is 0 Å². The molecule has 168 valence electrons. The van der Waals surface area contributed by atoms with Gasteiger partial charge < -0.3 is 14.8 Å². The normalized spacial score (nSPS) is 13.0. The first-order chi connectivity index (χ1) is 14.9. The van der Waals surface area contributed by atoms with Crippen LogP contribution in [0.3, 0.4) is 0 Å². The molecule has 2 aromatic rings. The van der Waals surface area contributed by atoms with Crippen molar-refractivity contribution in [2.45, 2.75) is 19.6 Å². The van der Waals surface area contributed by atoms with E-state index in [1.807, 2.05) is 0 Å². The van der Waals surface area contributed by atoms with Gasteiger partial charge in [-0.15, -0.1) is 0 Å². The van der Waals surface area contributed by atoms with Gasteiger partial charge in [-0.3, -0.25) is 9.10 Å². The Morgan fingerprint density at radius 2 is 1.81 bits per heavy atom. The minimum Gasteiger partial charge on any atom is -0.486 e. The largest absolute Gasteiger partial charge is 0.486 e. The SMILES string of the molecule is CCS(=O)(=O)N(CC(=O)NCCSCc1ccc(C)cc1)c1ccc2c(c1)OCCO2. The first-order valence-electron chi connectivity index (χ1n) is 10.2. The lowest BCUT2D eigenvalue weighted by Crippen LogP contribution is -2.42. The van der Waals surface area contributed by atoms with Gasteiger partial charge in [0.05, 0.1) is 11.4 Å². The van der Waals surface area contributed by atoms with Crippen LogP contribution < -0.4 is 19.1 Å². The van der Waals surface area contributed by atoms with Gasteiger partial charge in [0, 0.05) is 24.1 Å². The maximum absolute atomic E-state index is 12.6. The molecule has 0 spiro atoms. The van der Waals surface area contributed by atoms with E-state index in [4.69, 9.17) is 9.47 Å². The minimum atomic E-state index is -3.64. The maximum Gasteiger partial charge on any atom is 0.240 e. The van der Waals surface area contributed by atoms with E-state index in [0.29, 0.717) is 36.9 Å². The number of anilines is 1. The highest BCUT2D eigenvalue weighted by Crippen LogP contribution is 2.34. The van der Waals surface area contributed by atoms with E-state index in [2.05, 4.69) is 36.5 Å². The van der Waals surface area contributed by atoms with Crippen molar-refractivity contribution in [1.82, 2.24) is 5.32 Å². The number of ether oxygens (including phenoxy) is 2. The molecule has 1 amide bonds. The Labute approximate surface area is 188 Å². The fourth-order valence-corrected chi connectivity index (χ4v) is 4.90. The number of carbonyl (C=O) groups excluding carboxylic acids is 1. The molecular weight excluding hydrogens is 436 g/mol. The van der Waals surface area contributed by atoms with Gasteiger partial charge in [-0.2, -0.15) is 11.8 Å². The average molecular weight is 465 g/mol. The number of fused-ring (bicyclic) bond motifs is 1. The Bertz CT molecular complexity index is 993. The molecule has 1 heterocycles. The summed E-state index contributed by atoms with van der Waals surface area (Å²) in [7, 11) is -3.64. The quantitative estimate of drug-likeness (QED) is 0.544. The molecular formula is C22H28N2O5S2. The summed E-state index contributed by atoms with van der Waals surface area (Å²) in [5.74, 6) is 2.20. The van der Waals surface area contributed by atoms with Gasteiger partial charge in [0.2, 0.25) is 15.9 Å². The lowest BCUT2D eigenvalue weighted by atomic mass is 10.2. The summed E-state index contributed by atoms with van der Waals surface area (Å²) in [6, 6.07) is 13.3. The highest BCUT2D eigenvalue weighted by molar-refractivity contribution is 7.98. The lowest BCUT2D eigenvalue weighted by Gasteiger charge is -2.25. The average Bonchev–Trinajstić information content (AvgIpc) is 2.78. The van der Waals surface area contributed by atoms with Crippen LogP contribution in [0.15, 0.2) is 42.5 Å². The van der Waals surface area contributed by atoms with Crippen LogP contribution in [0.2, 0.25) is 0 Å². The number of nitrogens with zero attached hydrogens (tertiary/aromatic N) is 1. The molecule has 0 unspecified atom stereocenters. The number of benzene rings is 2. The van der Waals surface area contributed by atoms with E-state index >= 15 is 0 Å². The van der Waals surface area contributed by atoms with E-state index in [-0.39, 0.29) is 18.2 Å². The third-order valence-corrected chi connectivity index (χ3v) is 7.53. The van der Waals surface area contributed by atoms with Gasteiger partial charge in [-0.25, -0.2) is 8.42 Å². The van der Waals surface area contributed by atoms with Crippen LogP contribution in [-0.2, 0) is 20.6 Å². The number of hydrogen-bond acceptors (Lipinski definition) is 6. The van der Waals surface area contributed by atoms with Gasteiger partial charge in [0.25, 0.3) is 0 Å². The van der Waals surface area contributed by atoms with E-state index in [9.17, 15) is 13.2 Å². The summed E-state index contributed by atoms with van der Waals surface area (Å²) in [5.41, 5.74) is 2.85. The summed E-state index contributed by atoms with van der Waals surface area (Å²) < 4.78 is 37.4. The molecule has 2 aromatic carbocycles. The molecule has 3 rings (SSSR count). The number of thioether (sulfide) groups is 1. The highest BCUT2D eigenvalue weighted by atomic mass is 32.2. The number of sulfonamides is 1.